The summed E-state index contributed by atoms with van der Waals surface area (Å²) in [6.07, 6.45) is 3.21. The maximum absolute atomic E-state index is 12.0. The van der Waals surface area contributed by atoms with E-state index >= 15 is 0 Å². The van der Waals surface area contributed by atoms with E-state index in [1.54, 1.807) is 23.2 Å². The lowest BCUT2D eigenvalue weighted by Gasteiger charge is -2.21. The second-order valence-electron chi connectivity index (χ2n) is 3.76. The molecule has 16 heavy (non-hydrogen) atoms. The molecule has 1 atom stereocenters. The first-order valence-corrected chi connectivity index (χ1v) is 5.26. The lowest BCUT2D eigenvalue weighted by molar-refractivity contribution is -0.145. The maximum atomic E-state index is 12.0. The zero-order chi connectivity index (χ0) is 11.5. The molecular weight excluding hydrogens is 208 g/mol. The highest BCUT2D eigenvalue weighted by molar-refractivity contribution is 5.95. The molecule has 1 aromatic rings. The summed E-state index contributed by atoms with van der Waals surface area (Å²) in [7, 11) is 1.35. The van der Waals surface area contributed by atoms with Crippen LogP contribution in [0.4, 0.5) is 0 Å². The molecule has 5 nitrogen and oxygen atoms in total. The van der Waals surface area contributed by atoms with Gasteiger partial charge in [0.05, 0.1) is 7.11 Å². The van der Waals surface area contributed by atoms with E-state index in [1.165, 1.54) is 7.11 Å². The van der Waals surface area contributed by atoms with Crippen LogP contribution in [0.5, 0.6) is 0 Å². The van der Waals surface area contributed by atoms with Gasteiger partial charge >= 0.3 is 5.97 Å². The van der Waals surface area contributed by atoms with Crippen LogP contribution in [0.1, 0.15) is 23.3 Å². The van der Waals surface area contributed by atoms with Crippen LogP contribution < -0.4 is 0 Å². The van der Waals surface area contributed by atoms with E-state index in [1.807, 2.05) is 0 Å². The average molecular weight is 222 g/mol. The van der Waals surface area contributed by atoms with Crippen molar-refractivity contribution in [1.82, 2.24) is 9.88 Å². The molecule has 1 saturated heterocycles. The van der Waals surface area contributed by atoms with Crippen molar-refractivity contribution in [2.45, 2.75) is 18.9 Å². The van der Waals surface area contributed by atoms with Gasteiger partial charge in [0, 0.05) is 12.7 Å². The van der Waals surface area contributed by atoms with E-state index in [-0.39, 0.29) is 11.9 Å². The van der Waals surface area contributed by atoms with Crippen LogP contribution in [-0.2, 0) is 9.53 Å². The molecule has 86 valence electrons. The molecule has 0 aliphatic carbocycles. The second-order valence-corrected chi connectivity index (χ2v) is 3.76. The highest BCUT2D eigenvalue weighted by Gasteiger charge is 2.35. The highest BCUT2D eigenvalue weighted by atomic mass is 16.5. The molecule has 0 spiro atoms. The van der Waals surface area contributed by atoms with Crippen molar-refractivity contribution < 1.29 is 14.3 Å². The fourth-order valence-electron chi connectivity index (χ4n) is 2.01. The van der Waals surface area contributed by atoms with Crippen molar-refractivity contribution in [3.63, 3.8) is 0 Å². The van der Waals surface area contributed by atoms with E-state index in [2.05, 4.69) is 9.72 Å². The molecule has 0 bridgehead atoms. The van der Waals surface area contributed by atoms with Crippen LogP contribution in [-0.4, -0.2) is 41.5 Å². The van der Waals surface area contributed by atoms with E-state index in [0.29, 0.717) is 18.7 Å². The van der Waals surface area contributed by atoms with E-state index in [0.717, 1.165) is 6.42 Å². The molecule has 1 unspecified atom stereocenters. The first kappa shape index (κ1) is 10.7. The number of H-pyrrole nitrogens is 1. The fraction of sp³-hybridized carbons (Fsp3) is 0.455. The predicted molar refractivity (Wildman–Crippen MR) is 56.9 cm³/mol. The lowest BCUT2D eigenvalue weighted by atomic mass is 10.2. The third kappa shape index (κ3) is 1.80. The van der Waals surface area contributed by atoms with Gasteiger partial charge in [-0.3, -0.25) is 4.79 Å². The molecule has 5 heteroatoms. The van der Waals surface area contributed by atoms with E-state index < -0.39 is 6.04 Å². The number of nitrogens with zero attached hydrogens (tertiary/aromatic N) is 1. The number of amides is 1. The van der Waals surface area contributed by atoms with Gasteiger partial charge in [0.2, 0.25) is 0 Å². The van der Waals surface area contributed by atoms with Crippen LogP contribution >= 0.6 is 0 Å². The van der Waals surface area contributed by atoms with Crippen LogP contribution in [0.3, 0.4) is 0 Å². The van der Waals surface area contributed by atoms with Crippen LogP contribution in [0.2, 0.25) is 0 Å². The first-order valence-electron chi connectivity index (χ1n) is 5.26. The average Bonchev–Trinajstić information content (AvgIpc) is 2.97. The molecule has 2 rings (SSSR count). The fourth-order valence-corrected chi connectivity index (χ4v) is 2.01. The third-order valence-electron chi connectivity index (χ3n) is 2.82. The molecule has 0 saturated carbocycles. The smallest absolute Gasteiger partial charge is 0.328 e. The van der Waals surface area contributed by atoms with Gasteiger partial charge in [0.15, 0.2) is 0 Å². The van der Waals surface area contributed by atoms with Gasteiger partial charge in [-0.15, -0.1) is 0 Å². The maximum Gasteiger partial charge on any atom is 0.328 e. The van der Waals surface area contributed by atoms with Crippen molar-refractivity contribution in [3.8, 4) is 0 Å². The number of hydrogen-bond donors (Lipinski definition) is 1. The van der Waals surface area contributed by atoms with Gasteiger partial charge < -0.3 is 14.6 Å². The van der Waals surface area contributed by atoms with E-state index in [4.69, 9.17) is 0 Å². The highest BCUT2D eigenvalue weighted by Crippen LogP contribution is 2.20. The number of rotatable bonds is 2. The monoisotopic (exact) mass is 222 g/mol. The number of esters is 1. The number of hydrogen-bond acceptors (Lipinski definition) is 3. The number of ether oxygens (including phenoxy) is 1. The van der Waals surface area contributed by atoms with Gasteiger partial charge in [-0.05, 0) is 25.0 Å². The first-order chi connectivity index (χ1) is 7.74. The SMILES string of the molecule is COC(=O)C1CCCN1C(=O)c1ccc[nH]1. The van der Waals surface area contributed by atoms with Gasteiger partial charge in [0.25, 0.3) is 5.91 Å². The summed E-state index contributed by atoms with van der Waals surface area (Å²) < 4.78 is 4.69. The minimum atomic E-state index is -0.430. The Morgan fingerprint density at radius 1 is 1.56 bits per heavy atom. The summed E-state index contributed by atoms with van der Waals surface area (Å²) in [6, 6.07) is 3.03. The number of aromatic nitrogens is 1. The number of nitrogens with one attached hydrogen (secondary N) is 1. The topological polar surface area (TPSA) is 62.4 Å². The zero-order valence-corrected chi connectivity index (χ0v) is 9.10. The van der Waals surface area contributed by atoms with Gasteiger partial charge in [-0.1, -0.05) is 0 Å². The van der Waals surface area contributed by atoms with Crippen molar-refractivity contribution in [2.75, 3.05) is 13.7 Å². The Bertz CT molecular complexity index is 386. The molecule has 0 radical (unpaired) electrons. The van der Waals surface area contributed by atoms with Crippen LogP contribution in [0, 0.1) is 0 Å². The summed E-state index contributed by atoms with van der Waals surface area (Å²) in [5.74, 6) is -0.477. The van der Waals surface area contributed by atoms with Crippen LogP contribution in [0.25, 0.3) is 0 Å². The molecule has 2 heterocycles. The third-order valence-corrected chi connectivity index (χ3v) is 2.82. The zero-order valence-electron chi connectivity index (χ0n) is 9.10. The van der Waals surface area contributed by atoms with Crippen LogP contribution in [0.15, 0.2) is 18.3 Å². The minimum Gasteiger partial charge on any atom is -0.467 e. The number of carbonyl (C=O) groups excluding carboxylic acids is 2. The number of likely N-dealkylation sites (tertiary alicyclic amines) is 1. The van der Waals surface area contributed by atoms with E-state index in [9.17, 15) is 9.59 Å². The summed E-state index contributed by atoms with van der Waals surface area (Å²) in [5, 5.41) is 0. The van der Waals surface area contributed by atoms with Crippen molar-refractivity contribution >= 4 is 11.9 Å². The normalized spacial score (nSPS) is 19.8. The number of carbonyl (C=O) groups is 2. The van der Waals surface area contributed by atoms with Gasteiger partial charge in [0.1, 0.15) is 11.7 Å². The number of aromatic amines is 1. The van der Waals surface area contributed by atoms with Crippen molar-refractivity contribution in [3.05, 3.63) is 24.0 Å². The summed E-state index contributed by atoms with van der Waals surface area (Å²) in [6.45, 7) is 0.609. The molecule has 1 amide bonds. The predicted octanol–water partition coefficient (Wildman–Crippen LogP) is 0.792. The summed E-state index contributed by atoms with van der Waals surface area (Å²) in [5.41, 5.74) is 0.510. The molecule has 1 aliphatic heterocycles. The molecular formula is C11H14N2O3. The summed E-state index contributed by atoms with van der Waals surface area (Å²) >= 11 is 0. The Morgan fingerprint density at radius 2 is 2.38 bits per heavy atom. The Morgan fingerprint density at radius 3 is 3.00 bits per heavy atom. The Labute approximate surface area is 93.4 Å². The standard InChI is InChI=1S/C11H14N2O3/c1-16-11(15)9-5-3-7-13(9)10(14)8-4-2-6-12-8/h2,4,6,9,12H,3,5,7H2,1H3. The van der Waals surface area contributed by atoms with Gasteiger partial charge in [-0.2, -0.15) is 0 Å². The molecule has 1 aromatic heterocycles. The van der Waals surface area contributed by atoms with Crippen molar-refractivity contribution in [1.29, 1.82) is 0 Å². The molecule has 1 aliphatic rings. The molecule has 1 N–H and O–H groups in total. The molecule has 1 fully saturated rings. The quantitative estimate of drug-likeness (QED) is 0.752. The Balaban J connectivity index is 2.14. The largest absolute Gasteiger partial charge is 0.467 e. The Kier molecular flexibility index (Phi) is 2.94. The summed E-state index contributed by atoms with van der Waals surface area (Å²) in [4.78, 5) is 27.9. The second kappa shape index (κ2) is 4.38. The Hall–Kier alpha value is -1.78. The number of methoxy groups -OCH3 is 1. The lowest BCUT2D eigenvalue weighted by Crippen LogP contribution is -2.41. The van der Waals surface area contributed by atoms with Gasteiger partial charge in [-0.25, -0.2) is 4.79 Å². The minimum absolute atomic E-state index is 0.141. The van der Waals surface area contributed by atoms with Crippen molar-refractivity contribution in [2.24, 2.45) is 0 Å². The molecule has 0 aromatic carbocycles.